The molecule has 2 aromatic rings. The van der Waals surface area contributed by atoms with Gasteiger partial charge in [0.25, 0.3) is 11.8 Å². The van der Waals surface area contributed by atoms with Gasteiger partial charge < -0.3 is 21.3 Å². The van der Waals surface area contributed by atoms with E-state index in [4.69, 9.17) is 0 Å². The van der Waals surface area contributed by atoms with Gasteiger partial charge in [-0.25, -0.2) is 0 Å². The summed E-state index contributed by atoms with van der Waals surface area (Å²) in [4.78, 5) is 58.4. The fourth-order valence-electron chi connectivity index (χ4n) is 4.22. The molecule has 0 bridgehead atoms. The number of nitrogens with zero attached hydrogens (tertiary/aromatic N) is 2. The smallest absolute Gasteiger partial charge is 0.252 e. The summed E-state index contributed by atoms with van der Waals surface area (Å²) in [5.41, 5.74) is -0.559. The molecule has 0 spiro atoms. The predicted octanol–water partition coefficient (Wildman–Crippen LogP) is 2.23. The Morgan fingerprint density at radius 1 is 0.811 bits per heavy atom. The third-order valence-electron chi connectivity index (χ3n) is 5.90. The Balaban J connectivity index is 1.96. The van der Waals surface area contributed by atoms with E-state index < -0.39 is 17.1 Å². The zero-order chi connectivity index (χ0) is 27.6. The summed E-state index contributed by atoms with van der Waals surface area (Å²) in [6.45, 7) is 11.1. The molecule has 10 heteroatoms. The van der Waals surface area contributed by atoms with Gasteiger partial charge in [0.2, 0.25) is 11.8 Å². The number of carbonyl (C=O) groups is 4. The predicted molar refractivity (Wildman–Crippen MR) is 141 cm³/mol. The normalized spacial score (nSPS) is 13.1. The van der Waals surface area contributed by atoms with Crippen molar-refractivity contribution in [3.63, 3.8) is 0 Å². The highest BCUT2D eigenvalue weighted by Crippen LogP contribution is 2.21. The van der Waals surface area contributed by atoms with Gasteiger partial charge in [0.1, 0.15) is 6.04 Å². The number of hydrogen-bond donors (Lipinski definition) is 4. The molecule has 200 valence electrons. The molecule has 0 saturated carbocycles. The Labute approximate surface area is 218 Å². The Morgan fingerprint density at radius 2 is 1.30 bits per heavy atom. The van der Waals surface area contributed by atoms with E-state index in [1.54, 1.807) is 24.3 Å². The fraction of sp³-hybridized carbons (Fsp3) is 0.481. The minimum Gasteiger partial charge on any atom is -0.350 e. The van der Waals surface area contributed by atoms with Crippen LogP contribution in [0.2, 0.25) is 0 Å². The number of amides is 4. The summed E-state index contributed by atoms with van der Waals surface area (Å²) >= 11 is 0. The molecule has 4 N–H and O–H groups in total. The van der Waals surface area contributed by atoms with E-state index in [-0.39, 0.29) is 36.1 Å². The molecule has 0 aliphatic carbocycles. The van der Waals surface area contributed by atoms with Gasteiger partial charge in [-0.1, -0.05) is 20.3 Å². The SMILES string of the molecule is CCC(C)C(NC(=O)c1ccncc1)C(=O)NC(C)(C)CC(C)(C)NC(=O)CNC(=O)c1ccncc1. The second-order valence-electron chi connectivity index (χ2n) is 10.5. The van der Waals surface area contributed by atoms with Crippen LogP contribution in [0.1, 0.15) is 75.1 Å². The average molecular weight is 511 g/mol. The standard InChI is InChI=1S/C27H38N6O4/c1-7-18(2)22(31-24(36)20-10-14-29-15-11-20)25(37)33-27(5,6)17-26(3,4)32-21(34)16-30-23(35)19-8-12-28-13-9-19/h8-15,18,22H,7,16-17H2,1-6H3,(H,30,35)(H,31,36)(H,32,34)(H,33,37). The number of aromatic nitrogens is 2. The lowest BCUT2D eigenvalue weighted by Gasteiger charge is -2.37. The van der Waals surface area contributed by atoms with Crippen LogP contribution in [-0.4, -0.2) is 57.3 Å². The molecule has 37 heavy (non-hydrogen) atoms. The monoisotopic (exact) mass is 510 g/mol. The van der Waals surface area contributed by atoms with Crippen LogP contribution in [-0.2, 0) is 9.59 Å². The second kappa shape index (κ2) is 12.9. The van der Waals surface area contributed by atoms with Gasteiger partial charge in [-0.2, -0.15) is 0 Å². The van der Waals surface area contributed by atoms with Crippen molar-refractivity contribution in [3.05, 3.63) is 60.2 Å². The third-order valence-corrected chi connectivity index (χ3v) is 5.90. The van der Waals surface area contributed by atoms with E-state index >= 15 is 0 Å². The summed E-state index contributed by atoms with van der Waals surface area (Å²) in [6.07, 6.45) is 7.16. The highest BCUT2D eigenvalue weighted by Gasteiger charge is 2.35. The Kier molecular flexibility index (Phi) is 10.3. The Bertz CT molecular complexity index is 1070. The lowest BCUT2D eigenvalue weighted by molar-refractivity contribution is -0.126. The van der Waals surface area contributed by atoms with Crippen LogP contribution in [0.25, 0.3) is 0 Å². The first kappa shape index (κ1) is 29.4. The van der Waals surface area contributed by atoms with Crippen molar-refractivity contribution < 1.29 is 19.2 Å². The van der Waals surface area contributed by atoms with Crippen molar-refractivity contribution in [2.24, 2.45) is 5.92 Å². The lowest BCUT2D eigenvalue weighted by atomic mass is 9.86. The molecule has 2 rings (SSSR count). The fourth-order valence-corrected chi connectivity index (χ4v) is 4.22. The number of nitrogens with one attached hydrogen (secondary N) is 4. The summed E-state index contributed by atoms with van der Waals surface area (Å²) < 4.78 is 0. The van der Waals surface area contributed by atoms with Crippen molar-refractivity contribution in [3.8, 4) is 0 Å². The molecule has 4 amide bonds. The van der Waals surface area contributed by atoms with E-state index in [1.165, 1.54) is 24.8 Å². The van der Waals surface area contributed by atoms with Gasteiger partial charge in [-0.3, -0.25) is 29.1 Å². The molecular weight excluding hydrogens is 472 g/mol. The van der Waals surface area contributed by atoms with E-state index in [9.17, 15) is 19.2 Å². The van der Waals surface area contributed by atoms with Gasteiger partial charge in [0.05, 0.1) is 6.54 Å². The number of pyridine rings is 2. The molecule has 0 aliphatic rings. The number of hydrogen-bond acceptors (Lipinski definition) is 6. The summed E-state index contributed by atoms with van der Waals surface area (Å²) in [7, 11) is 0. The first-order chi connectivity index (χ1) is 17.3. The zero-order valence-electron chi connectivity index (χ0n) is 22.4. The molecule has 0 aliphatic heterocycles. The van der Waals surface area contributed by atoms with Crippen molar-refractivity contribution in [1.82, 2.24) is 31.2 Å². The van der Waals surface area contributed by atoms with E-state index in [1.807, 2.05) is 41.5 Å². The van der Waals surface area contributed by atoms with Gasteiger partial charge in [-0.05, 0) is 64.3 Å². The lowest BCUT2D eigenvalue weighted by Crippen LogP contribution is -2.59. The number of rotatable bonds is 12. The first-order valence-electron chi connectivity index (χ1n) is 12.4. The van der Waals surface area contributed by atoms with Crippen LogP contribution in [0, 0.1) is 5.92 Å². The third kappa shape index (κ3) is 9.63. The van der Waals surface area contributed by atoms with Crippen molar-refractivity contribution in [2.75, 3.05) is 6.54 Å². The van der Waals surface area contributed by atoms with Crippen molar-refractivity contribution in [1.29, 1.82) is 0 Å². The zero-order valence-corrected chi connectivity index (χ0v) is 22.4. The Hall–Kier alpha value is -3.82. The van der Waals surface area contributed by atoms with E-state index in [2.05, 4.69) is 31.2 Å². The Morgan fingerprint density at radius 3 is 1.81 bits per heavy atom. The maximum atomic E-state index is 13.3. The molecular formula is C27H38N6O4. The first-order valence-corrected chi connectivity index (χ1v) is 12.4. The molecule has 2 atom stereocenters. The highest BCUT2D eigenvalue weighted by atomic mass is 16.2. The molecule has 10 nitrogen and oxygen atoms in total. The van der Waals surface area contributed by atoms with Gasteiger partial charge in [0.15, 0.2) is 0 Å². The van der Waals surface area contributed by atoms with Crippen LogP contribution < -0.4 is 21.3 Å². The topological polar surface area (TPSA) is 142 Å². The van der Waals surface area contributed by atoms with Crippen LogP contribution >= 0.6 is 0 Å². The van der Waals surface area contributed by atoms with Crippen LogP contribution in [0.4, 0.5) is 0 Å². The maximum Gasteiger partial charge on any atom is 0.252 e. The van der Waals surface area contributed by atoms with E-state index in [0.29, 0.717) is 24.0 Å². The largest absolute Gasteiger partial charge is 0.350 e. The average Bonchev–Trinajstić information content (AvgIpc) is 2.84. The molecule has 0 radical (unpaired) electrons. The maximum absolute atomic E-state index is 13.3. The summed E-state index contributed by atoms with van der Waals surface area (Å²) in [5, 5.41) is 11.4. The van der Waals surface area contributed by atoms with Crippen LogP contribution in [0.3, 0.4) is 0 Å². The van der Waals surface area contributed by atoms with Crippen molar-refractivity contribution in [2.45, 2.75) is 71.5 Å². The molecule has 0 saturated heterocycles. The molecule has 2 heterocycles. The van der Waals surface area contributed by atoms with Gasteiger partial charge >= 0.3 is 0 Å². The quantitative estimate of drug-likeness (QED) is 0.345. The van der Waals surface area contributed by atoms with Gasteiger partial charge in [-0.15, -0.1) is 0 Å². The molecule has 2 unspecified atom stereocenters. The van der Waals surface area contributed by atoms with Crippen LogP contribution in [0.15, 0.2) is 49.1 Å². The molecule has 2 aromatic heterocycles. The minimum atomic E-state index is -0.731. The number of carbonyl (C=O) groups excluding carboxylic acids is 4. The summed E-state index contributed by atoms with van der Waals surface area (Å²) in [5.74, 6) is -1.46. The molecule has 0 aromatic carbocycles. The van der Waals surface area contributed by atoms with Crippen molar-refractivity contribution >= 4 is 23.6 Å². The van der Waals surface area contributed by atoms with E-state index in [0.717, 1.165) is 0 Å². The molecule has 0 fully saturated rings. The van der Waals surface area contributed by atoms with Gasteiger partial charge in [0, 0.05) is 47.0 Å². The minimum absolute atomic E-state index is 0.0988. The second-order valence-corrected chi connectivity index (χ2v) is 10.5. The summed E-state index contributed by atoms with van der Waals surface area (Å²) in [6, 6.07) is 5.58. The highest BCUT2D eigenvalue weighted by molar-refractivity contribution is 5.98. The van der Waals surface area contributed by atoms with Crippen LogP contribution in [0.5, 0.6) is 0 Å².